The first-order chi connectivity index (χ1) is 19.6. The molecule has 5 amide bonds. The van der Waals surface area contributed by atoms with Gasteiger partial charge in [-0.2, -0.15) is 0 Å². The van der Waals surface area contributed by atoms with E-state index in [1.165, 1.54) is 4.90 Å². The summed E-state index contributed by atoms with van der Waals surface area (Å²) in [5, 5.41) is 35.7. The van der Waals surface area contributed by atoms with Crippen molar-refractivity contribution in [2.24, 2.45) is 5.41 Å². The number of aliphatic hydroxyl groups excluding tert-OH is 3. The highest BCUT2D eigenvalue weighted by molar-refractivity contribution is 8.77. The van der Waals surface area contributed by atoms with Gasteiger partial charge in [0.2, 0.25) is 17.7 Å². The standard InChI is InChI=1S/C26H40N4O10S2/c1-25(2,24(39)40-13-14-18(34)19(35)20(36)21-28-22(37)23(38)30(14)21)9-12-41-42-26(3,4)8-7-15(31)27-10-11-29-16(32)5-6-17(29)33/h14,18-21,34-36H,5-13H2,1-4H3,(H,27,31)(H,28,37)/t14-,18-,19+,20+,21+/m1/s1. The topological polar surface area (TPSA) is 203 Å². The normalized spacial score (nSPS) is 26.4. The average Bonchev–Trinajstić information content (AvgIpc) is 3.41. The summed E-state index contributed by atoms with van der Waals surface area (Å²) < 4.78 is 5.16. The molecule has 14 nitrogen and oxygen atoms in total. The number of aliphatic hydroxyl groups is 3. The Morgan fingerprint density at radius 1 is 1.00 bits per heavy atom. The van der Waals surface area contributed by atoms with E-state index in [9.17, 15) is 44.1 Å². The van der Waals surface area contributed by atoms with Gasteiger partial charge in [-0.25, -0.2) is 0 Å². The van der Waals surface area contributed by atoms with Crippen molar-refractivity contribution < 1.29 is 48.8 Å². The maximum Gasteiger partial charge on any atom is 0.314 e. The van der Waals surface area contributed by atoms with E-state index in [1.807, 2.05) is 13.8 Å². The van der Waals surface area contributed by atoms with Crippen LogP contribution in [0.5, 0.6) is 0 Å². The molecule has 236 valence electrons. The van der Waals surface area contributed by atoms with Gasteiger partial charge in [0.15, 0.2) is 0 Å². The number of carbonyl (C=O) groups is 6. The third-order valence-electron chi connectivity index (χ3n) is 7.58. The van der Waals surface area contributed by atoms with E-state index in [4.69, 9.17) is 4.74 Å². The summed E-state index contributed by atoms with van der Waals surface area (Å²) in [5.41, 5.74) is -0.921. The van der Waals surface area contributed by atoms with Crippen LogP contribution in [0.2, 0.25) is 0 Å². The van der Waals surface area contributed by atoms with Crippen molar-refractivity contribution in [3.8, 4) is 0 Å². The highest BCUT2D eigenvalue weighted by atomic mass is 33.1. The summed E-state index contributed by atoms with van der Waals surface area (Å²) in [5.74, 6) is -2.56. The van der Waals surface area contributed by atoms with Crippen LogP contribution in [0.1, 0.15) is 59.8 Å². The van der Waals surface area contributed by atoms with Gasteiger partial charge < -0.3 is 35.6 Å². The Hall–Kier alpha value is -2.40. The van der Waals surface area contributed by atoms with Gasteiger partial charge >= 0.3 is 17.8 Å². The van der Waals surface area contributed by atoms with Gasteiger partial charge in [-0.15, -0.1) is 0 Å². The fourth-order valence-corrected chi connectivity index (χ4v) is 7.64. The number of hydrogen-bond donors (Lipinski definition) is 5. The maximum absolute atomic E-state index is 12.9. The van der Waals surface area contributed by atoms with E-state index in [1.54, 1.807) is 35.4 Å². The Balaban J connectivity index is 1.37. The number of likely N-dealkylation sites (tertiary alicyclic amines) is 1. The van der Waals surface area contributed by atoms with E-state index >= 15 is 0 Å². The lowest BCUT2D eigenvalue weighted by Crippen LogP contribution is -2.68. The molecule has 0 saturated carbocycles. The summed E-state index contributed by atoms with van der Waals surface area (Å²) in [6.07, 6.45) is -4.35. The second kappa shape index (κ2) is 13.9. The van der Waals surface area contributed by atoms with Crippen LogP contribution < -0.4 is 10.6 Å². The van der Waals surface area contributed by atoms with Crippen LogP contribution in [-0.2, 0) is 33.5 Å². The lowest BCUT2D eigenvalue weighted by Gasteiger charge is -2.44. The van der Waals surface area contributed by atoms with Gasteiger partial charge in [0.25, 0.3) is 0 Å². The first kappa shape index (κ1) is 34.1. The van der Waals surface area contributed by atoms with Crippen LogP contribution in [0.4, 0.5) is 0 Å². The largest absolute Gasteiger partial charge is 0.463 e. The number of imide groups is 1. The highest BCUT2D eigenvalue weighted by Crippen LogP contribution is 2.40. The minimum Gasteiger partial charge on any atom is -0.463 e. The second-order valence-corrected chi connectivity index (χ2v) is 15.0. The van der Waals surface area contributed by atoms with Crippen molar-refractivity contribution in [2.75, 3.05) is 25.4 Å². The molecule has 5 atom stereocenters. The Morgan fingerprint density at radius 3 is 2.29 bits per heavy atom. The molecule has 3 fully saturated rings. The molecule has 0 aromatic heterocycles. The molecule has 0 radical (unpaired) electrons. The quantitative estimate of drug-likeness (QED) is 0.0509. The van der Waals surface area contributed by atoms with Crippen LogP contribution in [0, 0.1) is 5.41 Å². The molecule has 3 aliphatic rings. The van der Waals surface area contributed by atoms with Crippen LogP contribution in [0.3, 0.4) is 0 Å². The third kappa shape index (κ3) is 8.15. The fraction of sp³-hybridized carbons (Fsp3) is 0.769. The molecule has 3 aliphatic heterocycles. The number of fused-ring (bicyclic) bond motifs is 1. The van der Waals surface area contributed by atoms with E-state index in [2.05, 4.69) is 10.6 Å². The Bertz CT molecular complexity index is 1070. The number of nitrogens with zero attached hydrogens (tertiary/aromatic N) is 2. The number of nitrogens with one attached hydrogen (secondary N) is 2. The number of amides is 5. The van der Waals surface area contributed by atoms with Crippen molar-refractivity contribution in [3.63, 3.8) is 0 Å². The average molecular weight is 633 g/mol. The van der Waals surface area contributed by atoms with E-state index in [0.717, 1.165) is 4.90 Å². The van der Waals surface area contributed by atoms with Gasteiger partial charge in [0, 0.05) is 42.9 Å². The summed E-state index contributed by atoms with van der Waals surface area (Å²) in [6, 6.07) is -1.22. The number of ether oxygens (including phenoxy) is 1. The first-order valence-corrected chi connectivity index (χ1v) is 16.1. The zero-order chi connectivity index (χ0) is 31.4. The molecule has 0 aromatic rings. The van der Waals surface area contributed by atoms with Crippen LogP contribution in [0.15, 0.2) is 0 Å². The molecular weight excluding hydrogens is 592 g/mol. The molecular formula is C26H40N4O10S2. The van der Waals surface area contributed by atoms with E-state index < -0.39 is 60.3 Å². The monoisotopic (exact) mass is 632 g/mol. The summed E-state index contributed by atoms with van der Waals surface area (Å²) >= 11 is 0. The van der Waals surface area contributed by atoms with E-state index in [-0.39, 0.29) is 54.8 Å². The fourth-order valence-electron chi connectivity index (χ4n) is 4.76. The molecule has 0 bridgehead atoms. The zero-order valence-electron chi connectivity index (χ0n) is 24.2. The molecule has 0 aliphatic carbocycles. The van der Waals surface area contributed by atoms with Gasteiger partial charge in [0.05, 0.1) is 11.5 Å². The van der Waals surface area contributed by atoms with Crippen LogP contribution >= 0.6 is 21.6 Å². The minimum absolute atomic E-state index is 0.163. The molecule has 0 unspecified atom stereocenters. The Labute approximate surface area is 252 Å². The van der Waals surface area contributed by atoms with Crippen LogP contribution in [0.25, 0.3) is 0 Å². The number of piperidine rings is 1. The second-order valence-electron chi connectivity index (χ2n) is 11.9. The summed E-state index contributed by atoms with van der Waals surface area (Å²) in [4.78, 5) is 74.5. The summed E-state index contributed by atoms with van der Waals surface area (Å²) in [7, 11) is 3.13. The van der Waals surface area contributed by atoms with Gasteiger partial charge in [-0.3, -0.25) is 33.7 Å². The van der Waals surface area contributed by atoms with Crippen LogP contribution in [-0.4, -0.2) is 121 Å². The molecule has 5 N–H and O–H groups in total. The van der Waals surface area contributed by atoms with Crippen molar-refractivity contribution >= 4 is 57.1 Å². The van der Waals surface area contributed by atoms with Crippen molar-refractivity contribution in [1.29, 1.82) is 0 Å². The third-order valence-corrected chi connectivity index (χ3v) is 10.9. The predicted molar refractivity (Wildman–Crippen MR) is 152 cm³/mol. The van der Waals surface area contributed by atoms with Gasteiger partial charge in [-0.1, -0.05) is 21.6 Å². The summed E-state index contributed by atoms with van der Waals surface area (Å²) in [6.45, 7) is 7.34. The van der Waals surface area contributed by atoms with Crippen molar-refractivity contribution in [2.45, 2.75) is 95.1 Å². The number of esters is 1. The van der Waals surface area contributed by atoms with Gasteiger partial charge in [-0.05, 0) is 40.5 Å². The van der Waals surface area contributed by atoms with E-state index in [0.29, 0.717) is 18.6 Å². The Kier molecular flexibility index (Phi) is 11.3. The van der Waals surface area contributed by atoms with Crippen molar-refractivity contribution in [1.82, 2.24) is 20.4 Å². The zero-order valence-corrected chi connectivity index (χ0v) is 25.8. The molecule has 3 rings (SSSR count). The molecule has 3 saturated heterocycles. The SMILES string of the molecule is CC(C)(CCC(=O)NCCN1C(=O)CCC1=O)SSCCC(C)(C)C(=O)OC[C@@H]1[C@@H](O)[C@H](O)[C@H](O)[C@H]2NC(=O)C(=O)N12. The van der Waals surface area contributed by atoms with Crippen molar-refractivity contribution in [3.05, 3.63) is 0 Å². The minimum atomic E-state index is -1.65. The number of hydrogen-bond acceptors (Lipinski definition) is 12. The first-order valence-electron chi connectivity index (χ1n) is 13.8. The molecule has 3 heterocycles. The molecule has 0 aromatic carbocycles. The smallest absolute Gasteiger partial charge is 0.314 e. The van der Waals surface area contributed by atoms with Gasteiger partial charge in [0.1, 0.15) is 31.1 Å². The lowest BCUT2D eigenvalue weighted by atomic mass is 9.90. The Morgan fingerprint density at radius 2 is 1.64 bits per heavy atom. The highest BCUT2D eigenvalue weighted by Gasteiger charge is 2.55. The molecule has 42 heavy (non-hydrogen) atoms. The maximum atomic E-state index is 12.9. The number of carbonyl (C=O) groups excluding carboxylic acids is 6. The number of rotatable bonds is 14. The molecule has 16 heteroatoms. The molecule has 0 spiro atoms. The lowest BCUT2D eigenvalue weighted by molar-refractivity contribution is -0.184. The predicted octanol–water partition coefficient (Wildman–Crippen LogP) is -1.10.